The molecule has 2 N–H and O–H groups in total. The van der Waals surface area contributed by atoms with Gasteiger partial charge in [0.05, 0.1) is 24.7 Å². The monoisotopic (exact) mass is 457 g/mol. The molecule has 0 radical (unpaired) electrons. The third-order valence-corrected chi connectivity index (χ3v) is 5.55. The van der Waals surface area contributed by atoms with Gasteiger partial charge in [-0.15, -0.1) is 11.3 Å². The first kappa shape index (κ1) is 20.2. The van der Waals surface area contributed by atoms with Gasteiger partial charge in [-0.25, -0.2) is 4.98 Å². The number of carbonyl (C=O) groups excluding carboxylic acids is 2. The van der Waals surface area contributed by atoms with Crippen molar-refractivity contribution >= 4 is 39.1 Å². The summed E-state index contributed by atoms with van der Waals surface area (Å²) >= 11 is 4.94. The second-order valence-electron chi connectivity index (χ2n) is 6.30. The molecular formula is C21H20BrN3O2S. The number of nitrogens with zero attached hydrogens (tertiary/aromatic N) is 1. The highest BCUT2D eigenvalue weighted by molar-refractivity contribution is 9.10. The Kier molecular flexibility index (Phi) is 6.95. The molecule has 0 saturated heterocycles. The Labute approximate surface area is 176 Å². The summed E-state index contributed by atoms with van der Waals surface area (Å²) in [6.07, 6.45) is 0.164. The fourth-order valence-electron chi connectivity index (χ4n) is 2.74. The van der Waals surface area contributed by atoms with Crippen molar-refractivity contribution in [3.63, 3.8) is 0 Å². The van der Waals surface area contributed by atoms with Gasteiger partial charge in [-0.2, -0.15) is 0 Å². The van der Waals surface area contributed by atoms with Gasteiger partial charge in [0, 0.05) is 22.3 Å². The van der Waals surface area contributed by atoms with Crippen LogP contribution in [0.4, 0.5) is 0 Å². The van der Waals surface area contributed by atoms with Crippen LogP contribution in [0.15, 0.2) is 64.5 Å². The van der Waals surface area contributed by atoms with Crippen molar-refractivity contribution in [2.75, 3.05) is 0 Å². The van der Waals surface area contributed by atoms with Crippen molar-refractivity contribution in [2.45, 2.75) is 25.9 Å². The van der Waals surface area contributed by atoms with Crippen LogP contribution >= 0.6 is 27.3 Å². The lowest BCUT2D eigenvalue weighted by atomic mass is 10.0. The van der Waals surface area contributed by atoms with Crippen LogP contribution in [0.5, 0.6) is 0 Å². The smallest absolute Gasteiger partial charge is 0.222 e. The van der Waals surface area contributed by atoms with E-state index in [2.05, 4.69) is 31.5 Å². The Balaban J connectivity index is 1.59. The van der Waals surface area contributed by atoms with Crippen LogP contribution in [0.1, 0.15) is 30.6 Å². The highest BCUT2D eigenvalue weighted by atomic mass is 79.9. The molecule has 0 fully saturated rings. The molecule has 0 aliphatic heterocycles. The second-order valence-corrected chi connectivity index (χ2v) is 8.07. The van der Waals surface area contributed by atoms with Crippen LogP contribution in [0.25, 0.3) is 10.6 Å². The normalized spacial score (nSPS) is 11.6. The van der Waals surface area contributed by atoms with Crippen molar-refractivity contribution in [3.05, 3.63) is 75.7 Å². The maximum Gasteiger partial charge on any atom is 0.222 e. The summed E-state index contributed by atoms with van der Waals surface area (Å²) in [5.74, 6) is -0.316. The quantitative estimate of drug-likeness (QED) is 0.550. The van der Waals surface area contributed by atoms with E-state index < -0.39 is 0 Å². The number of aromatic nitrogens is 1. The van der Waals surface area contributed by atoms with E-state index in [0.29, 0.717) is 6.54 Å². The Bertz CT molecular complexity index is 942. The zero-order valence-corrected chi connectivity index (χ0v) is 17.7. The van der Waals surface area contributed by atoms with Crippen LogP contribution in [-0.2, 0) is 16.1 Å². The summed E-state index contributed by atoms with van der Waals surface area (Å²) in [6.45, 7) is 1.81. The van der Waals surface area contributed by atoms with Gasteiger partial charge in [-0.05, 0) is 17.7 Å². The van der Waals surface area contributed by atoms with Gasteiger partial charge in [-0.1, -0.05) is 58.4 Å². The van der Waals surface area contributed by atoms with E-state index in [1.807, 2.05) is 60.0 Å². The fourth-order valence-corrected chi connectivity index (χ4v) is 3.83. The third-order valence-electron chi connectivity index (χ3n) is 4.08. The molecule has 1 unspecified atom stereocenters. The highest BCUT2D eigenvalue weighted by Crippen LogP contribution is 2.23. The van der Waals surface area contributed by atoms with Gasteiger partial charge in [0.25, 0.3) is 0 Å². The number of amides is 2. The molecule has 0 saturated carbocycles. The lowest BCUT2D eigenvalue weighted by Crippen LogP contribution is -2.32. The van der Waals surface area contributed by atoms with E-state index >= 15 is 0 Å². The molecule has 28 heavy (non-hydrogen) atoms. The highest BCUT2D eigenvalue weighted by Gasteiger charge is 2.17. The van der Waals surface area contributed by atoms with Crippen LogP contribution in [-0.4, -0.2) is 16.8 Å². The van der Waals surface area contributed by atoms with E-state index in [1.165, 1.54) is 6.92 Å². The lowest BCUT2D eigenvalue weighted by Gasteiger charge is -2.18. The maximum atomic E-state index is 12.4. The molecule has 2 amide bonds. The van der Waals surface area contributed by atoms with Gasteiger partial charge in [0.2, 0.25) is 11.8 Å². The topological polar surface area (TPSA) is 71.1 Å². The Morgan fingerprint density at radius 1 is 1.11 bits per heavy atom. The molecule has 1 aromatic heterocycles. The first-order valence-electron chi connectivity index (χ1n) is 8.80. The molecule has 1 heterocycles. The summed E-state index contributed by atoms with van der Waals surface area (Å²) in [4.78, 5) is 28.5. The summed E-state index contributed by atoms with van der Waals surface area (Å²) in [5.41, 5.74) is 2.76. The third kappa shape index (κ3) is 5.74. The number of hydrogen-bond donors (Lipinski definition) is 2. The Morgan fingerprint density at radius 3 is 2.50 bits per heavy atom. The van der Waals surface area contributed by atoms with Gasteiger partial charge < -0.3 is 10.6 Å². The number of carbonyl (C=O) groups is 2. The van der Waals surface area contributed by atoms with E-state index in [4.69, 9.17) is 0 Å². The predicted molar refractivity (Wildman–Crippen MR) is 115 cm³/mol. The average Bonchev–Trinajstić information content (AvgIpc) is 3.16. The molecule has 1 atom stereocenters. The Morgan fingerprint density at radius 2 is 1.82 bits per heavy atom. The SMILES string of the molecule is CC(=O)NC(CC(=O)NCc1csc(-c2ccccc2)n1)c1ccc(Br)cc1. The van der Waals surface area contributed by atoms with Gasteiger partial charge >= 0.3 is 0 Å². The van der Waals surface area contributed by atoms with Gasteiger partial charge in [0.1, 0.15) is 5.01 Å². The largest absolute Gasteiger partial charge is 0.350 e. The molecule has 5 nitrogen and oxygen atoms in total. The van der Waals surface area contributed by atoms with Crippen LogP contribution in [0.2, 0.25) is 0 Å². The number of nitrogens with one attached hydrogen (secondary N) is 2. The molecule has 7 heteroatoms. The lowest BCUT2D eigenvalue weighted by molar-refractivity contribution is -0.122. The van der Waals surface area contributed by atoms with Crippen LogP contribution in [0, 0.1) is 0 Å². The van der Waals surface area contributed by atoms with Crippen LogP contribution in [0.3, 0.4) is 0 Å². The maximum absolute atomic E-state index is 12.4. The zero-order valence-electron chi connectivity index (χ0n) is 15.3. The van der Waals surface area contributed by atoms with Crippen LogP contribution < -0.4 is 10.6 Å². The minimum atomic E-state index is -0.374. The summed E-state index contributed by atoms with van der Waals surface area (Å²) in [5, 5.41) is 8.61. The van der Waals surface area contributed by atoms with Crippen molar-refractivity contribution in [3.8, 4) is 10.6 Å². The summed E-state index contributed by atoms with van der Waals surface area (Å²) < 4.78 is 0.944. The molecule has 0 spiro atoms. The molecule has 3 rings (SSSR count). The van der Waals surface area contributed by atoms with Crippen molar-refractivity contribution in [2.24, 2.45) is 0 Å². The molecule has 2 aromatic carbocycles. The number of halogens is 1. The molecule has 0 bridgehead atoms. The van der Waals surface area contributed by atoms with E-state index in [-0.39, 0.29) is 24.3 Å². The van der Waals surface area contributed by atoms with Crippen molar-refractivity contribution in [1.82, 2.24) is 15.6 Å². The second kappa shape index (κ2) is 9.61. The first-order chi connectivity index (χ1) is 13.5. The molecule has 144 valence electrons. The first-order valence-corrected chi connectivity index (χ1v) is 10.5. The van der Waals surface area contributed by atoms with E-state index in [0.717, 1.165) is 26.3 Å². The zero-order chi connectivity index (χ0) is 19.9. The number of thiazole rings is 1. The van der Waals surface area contributed by atoms with Gasteiger partial charge in [0.15, 0.2) is 0 Å². The number of rotatable bonds is 7. The minimum absolute atomic E-state index is 0.143. The Hall–Kier alpha value is -2.51. The molecular weight excluding hydrogens is 438 g/mol. The standard InChI is InChI=1S/C21H20BrN3O2S/c1-14(26)24-19(15-7-9-17(22)10-8-15)11-20(27)23-12-18-13-28-21(25-18)16-5-3-2-4-6-16/h2-10,13,19H,11-12H2,1H3,(H,23,27)(H,24,26). The predicted octanol–water partition coefficient (Wildman–Crippen LogP) is 4.46. The summed E-state index contributed by atoms with van der Waals surface area (Å²) in [7, 11) is 0. The minimum Gasteiger partial charge on any atom is -0.350 e. The fraction of sp³-hybridized carbons (Fsp3) is 0.190. The summed E-state index contributed by atoms with van der Waals surface area (Å²) in [6, 6.07) is 17.1. The molecule has 0 aliphatic rings. The van der Waals surface area contributed by atoms with Crippen molar-refractivity contribution in [1.29, 1.82) is 0 Å². The average molecular weight is 458 g/mol. The van der Waals surface area contributed by atoms with E-state index in [9.17, 15) is 9.59 Å². The van der Waals surface area contributed by atoms with Gasteiger partial charge in [-0.3, -0.25) is 9.59 Å². The number of benzene rings is 2. The number of hydrogen-bond acceptors (Lipinski definition) is 4. The van der Waals surface area contributed by atoms with Crippen molar-refractivity contribution < 1.29 is 9.59 Å². The molecule has 0 aliphatic carbocycles. The molecule has 3 aromatic rings. The van der Waals surface area contributed by atoms with E-state index in [1.54, 1.807) is 11.3 Å².